The van der Waals surface area contributed by atoms with Crippen LogP contribution < -0.4 is 16.4 Å². The number of benzene rings is 1. The fourth-order valence-electron chi connectivity index (χ4n) is 4.48. The number of anilines is 2. The number of rotatable bonds is 7. The predicted octanol–water partition coefficient (Wildman–Crippen LogP) is 2.23. The molecule has 0 saturated carbocycles. The highest BCUT2D eigenvalue weighted by atomic mass is 32.1. The van der Waals surface area contributed by atoms with Crippen molar-refractivity contribution >= 4 is 39.7 Å². The van der Waals surface area contributed by atoms with Crippen molar-refractivity contribution in [1.82, 2.24) is 9.80 Å². The summed E-state index contributed by atoms with van der Waals surface area (Å²) in [7, 11) is 0. The molecule has 9 heteroatoms. The van der Waals surface area contributed by atoms with Crippen LogP contribution in [0.1, 0.15) is 39.7 Å². The summed E-state index contributed by atoms with van der Waals surface area (Å²) in [6.07, 6.45) is 2.81. The Labute approximate surface area is 198 Å². The van der Waals surface area contributed by atoms with E-state index in [-0.39, 0.29) is 17.9 Å². The standard InChI is InChI=1S/C24H31N5O3S/c1-15-6-8-17(9-7-15)26-20(30)14-28-10-12-29(13-11-28)16(2)23(32)27-24-21(22(25)31)18-4-3-5-19(18)33-24/h6-9,16H,3-5,10-14H2,1-2H3,(H2,25,31)(H,26,30)(H,27,32). The van der Waals surface area contributed by atoms with Crippen LogP contribution in [0, 0.1) is 6.92 Å². The summed E-state index contributed by atoms with van der Waals surface area (Å²) in [6.45, 7) is 7.00. The smallest absolute Gasteiger partial charge is 0.251 e. The van der Waals surface area contributed by atoms with Crippen LogP contribution in [0.4, 0.5) is 10.7 Å². The normalized spacial score (nSPS) is 17.4. The zero-order chi connectivity index (χ0) is 23.5. The van der Waals surface area contributed by atoms with Gasteiger partial charge in [0.25, 0.3) is 5.91 Å². The van der Waals surface area contributed by atoms with Crippen molar-refractivity contribution < 1.29 is 14.4 Å². The lowest BCUT2D eigenvalue weighted by molar-refractivity contribution is -0.122. The zero-order valence-electron chi connectivity index (χ0n) is 19.1. The minimum atomic E-state index is -0.477. The van der Waals surface area contributed by atoms with Gasteiger partial charge in [-0.2, -0.15) is 0 Å². The SMILES string of the molecule is Cc1ccc(NC(=O)CN2CCN(C(C)C(=O)Nc3sc4c(c3C(N)=O)CCC4)CC2)cc1. The number of hydrogen-bond donors (Lipinski definition) is 3. The average Bonchev–Trinajstić information content (AvgIpc) is 3.36. The van der Waals surface area contributed by atoms with Crippen molar-refractivity contribution in [3.8, 4) is 0 Å². The van der Waals surface area contributed by atoms with Gasteiger partial charge in [0.15, 0.2) is 0 Å². The van der Waals surface area contributed by atoms with Gasteiger partial charge < -0.3 is 16.4 Å². The third-order valence-corrected chi connectivity index (χ3v) is 7.65. The molecule has 1 saturated heterocycles. The molecule has 1 aromatic carbocycles. The van der Waals surface area contributed by atoms with E-state index in [2.05, 4.69) is 20.4 Å². The van der Waals surface area contributed by atoms with Gasteiger partial charge in [-0.25, -0.2) is 0 Å². The van der Waals surface area contributed by atoms with Crippen LogP contribution in [0.15, 0.2) is 24.3 Å². The molecule has 176 valence electrons. The van der Waals surface area contributed by atoms with Crippen LogP contribution >= 0.6 is 11.3 Å². The van der Waals surface area contributed by atoms with Crippen LogP contribution in [0.2, 0.25) is 0 Å². The number of nitrogens with one attached hydrogen (secondary N) is 2. The second kappa shape index (κ2) is 10.0. The number of nitrogens with two attached hydrogens (primary N) is 1. The fraction of sp³-hybridized carbons (Fsp3) is 0.458. The van der Waals surface area contributed by atoms with E-state index in [0.29, 0.717) is 43.3 Å². The Balaban J connectivity index is 1.27. The van der Waals surface area contributed by atoms with E-state index in [1.54, 1.807) is 0 Å². The maximum atomic E-state index is 12.9. The Hall–Kier alpha value is -2.75. The molecule has 4 rings (SSSR count). The summed E-state index contributed by atoms with van der Waals surface area (Å²) in [5.41, 5.74) is 9.04. The summed E-state index contributed by atoms with van der Waals surface area (Å²) in [4.78, 5) is 42.6. The van der Waals surface area contributed by atoms with Crippen molar-refractivity contribution in [2.75, 3.05) is 43.4 Å². The number of nitrogens with zero attached hydrogens (tertiary/aromatic N) is 2. The van der Waals surface area contributed by atoms with E-state index < -0.39 is 5.91 Å². The minimum absolute atomic E-state index is 0.0391. The lowest BCUT2D eigenvalue weighted by atomic mass is 10.1. The van der Waals surface area contributed by atoms with E-state index in [1.165, 1.54) is 11.3 Å². The molecule has 0 spiro atoms. The summed E-state index contributed by atoms with van der Waals surface area (Å²) in [5.74, 6) is -0.652. The molecule has 3 amide bonds. The maximum Gasteiger partial charge on any atom is 0.251 e. The van der Waals surface area contributed by atoms with Crippen molar-refractivity contribution in [2.24, 2.45) is 5.73 Å². The second-order valence-corrected chi connectivity index (χ2v) is 9.92. The number of fused-ring (bicyclic) bond motifs is 1. The topological polar surface area (TPSA) is 108 Å². The highest BCUT2D eigenvalue weighted by molar-refractivity contribution is 7.17. The quantitative estimate of drug-likeness (QED) is 0.576. The Bertz CT molecular complexity index is 1040. The van der Waals surface area contributed by atoms with Gasteiger partial charge in [0.05, 0.1) is 18.2 Å². The Morgan fingerprint density at radius 1 is 1.06 bits per heavy atom. The lowest BCUT2D eigenvalue weighted by Gasteiger charge is -2.37. The van der Waals surface area contributed by atoms with Crippen molar-refractivity contribution in [3.63, 3.8) is 0 Å². The molecule has 1 fully saturated rings. The molecule has 2 aliphatic rings. The lowest BCUT2D eigenvalue weighted by Crippen LogP contribution is -2.53. The largest absolute Gasteiger partial charge is 0.365 e. The van der Waals surface area contributed by atoms with Crippen LogP contribution in [-0.4, -0.2) is 66.3 Å². The second-order valence-electron chi connectivity index (χ2n) is 8.82. The van der Waals surface area contributed by atoms with E-state index in [1.807, 2.05) is 38.1 Å². The number of hydrogen-bond acceptors (Lipinski definition) is 6. The van der Waals surface area contributed by atoms with Gasteiger partial charge in [0, 0.05) is 36.7 Å². The first-order valence-corrected chi connectivity index (χ1v) is 12.2. The summed E-state index contributed by atoms with van der Waals surface area (Å²) < 4.78 is 0. The molecule has 4 N–H and O–H groups in total. The molecule has 1 unspecified atom stereocenters. The Morgan fingerprint density at radius 3 is 2.42 bits per heavy atom. The molecule has 1 aliphatic heterocycles. The van der Waals surface area contributed by atoms with Crippen LogP contribution in [0.5, 0.6) is 0 Å². The molecule has 0 bridgehead atoms. The fourth-order valence-corrected chi connectivity index (χ4v) is 5.78. The highest BCUT2D eigenvalue weighted by Crippen LogP contribution is 2.38. The van der Waals surface area contributed by atoms with Gasteiger partial charge in [0.1, 0.15) is 5.00 Å². The average molecular weight is 470 g/mol. The number of thiophene rings is 1. The molecule has 1 aromatic heterocycles. The van der Waals surface area contributed by atoms with E-state index in [9.17, 15) is 14.4 Å². The monoisotopic (exact) mass is 469 g/mol. The zero-order valence-corrected chi connectivity index (χ0v) is 20.0. The predicted molar refractivity (Wildman–Crippen MR) is 131 cm³/mol. The molecule has 2 aromatic rings. The van der Waals surface area contributed by atoms with Gasteiger partial charge >= 0.3 is 0 Å². The maximum absolute atomic E-state index is 12.9. The molecular formula is C24H31N5O3S. The molecule has 8 nitrogen and oxygen atoms in total. The molecular weight excluding hydrogens is 438 g/mol. The first-order valence-electron chi connectivity index (χ1n) is 11.4. The molecule has 33 heavy (non-hydrogen) atoms. The third kappa shape index (κ3) is 5.43. The number of carbonyl (C=O) groups is 3. The molecule has 0 radical (unpaired) electrons. The van der Waals surface area contributed by atoms with Crippen LogP contribution in [0.25, 0.3) is 0 Å². The van der Waals surface area contributed by atoms with E-state index >= 15 is 0 Å². The molecule has 1 aliphatic carbocycles. The number of piperazine rings is 1. The van der Waals surface area contributed by atoms with Gasteiger partial charge in [-0.15, -0.1) is 11.3 Å². The number of amides is 3. The van der Waals surface area contributed by atoms with E-state index in [4.69, 9.17) is 5.73 Å². The molecule has 1 atom stereocenters. The van der Waals surface area contributed by atoms with Gasteiger partial charge in [0.2, 0.25) is 11.8 Å². The molecule has 2 heterocycles. The Kier molecular flexibility index (Phi) is 7.11. The summed E-state index contributed by atoms with van der Waals surface area (Å²) in [5, 5.41) is 6.46. The van der Waals surface area contributed by atoms with Gasteiger partial charge in [-0.3, -0.25) is 24.2 Å². The first kappa shape index (κ1) is 23.4. The van der Waals surface area contributed by atoms with E-state index in [0.717, 1.165) is 41.0 Å². The van der Waals surface area contributed by atoms with Crippen molar-refractivity contribution in [1.29, 1.82) is 0 Å². The van der Waals surface area contributed by atoms with Gasteiger partial charge in [-0.05, 0) is 50.8 Å². The number of primary amides is 1. The number of aryl methyl sites for hydroxylation is 2. The van der Waals surface area contributed by atoms with Crippen molar-refractivity contribution in [2.45, 2.75) is 39.2 Å². The first-order chi connectivity index (χ1) is 15.8. The summed E-state index contributed by atoms with van der Waals surface area (Å²) in [6, 6.07) is 7.40. The van der Waals surface area contributed by atoms with Crippen molar-refractivity contribution in [3.05, 3.63) is 45.8 Å². The van der Waals surface area contributed by atoms with Gasteiger partial charge in [-0.1, -0.05) is 17.7 Å². The highest BCUT2D eigenvalue weighted by Gasteiger charge is 2.30. The Morgan fingerprint density at radius 2 is 1.76 bits per heavy atom. The third-order valence-electron chi connectivity index (χ3n) is 6.44. The summed E-state index contributed by atoms with van der Waals surface area (Å²) >= 11 is 1.47. The number of carbonyl (C=O) groups excluding carboxylic acids is 3. The minimum Gasteiger partial charge on any atom is -0.365 e. The van der Waals surface area contributed by atoms with Crippen LogP contribution in [-0.2, 0) is 22.4 Å². The van der Waals surface area contributed by atoms with Crippen LogP contribution in [0.3, 0.4) is 0 Å².